The number of nitrogens with one attached hydrogen (secondary N) is 2. The highest BCUT2D eigenvalue weighted by atomic mass is 32.1. The minimum atomic E-state index is -1.10. The summed E-state index contributed by atoms with van der Waals surface area (Å²) < 4.78 is 0. The van der Waals surface area contributed by atoms with Gasteiger partial charge in [0.05, 0.1) is 6.04 Å². The Morgan fingerprint density at radius 3 is 2.17 bits per heavy atom. The quantitative estimate of drug-likeness (QED) is 0.273. The van der Waals surface area contributed by atoms with E-state index in [1.807, 2.05) is 0 Å². The Balaban J connectivity index is 4.47. The topological polar surface area (TPSA) is 142 Å². The number of carboxylic acids is 2. The molecule has 0 aliphatic rings. The van der Waals surface area contributed by atoms with Crippen LogP contribution in [0.5, 0.6) is 0 Å². The maximum absolute atomic E-state index is 11.9. The van der Waals surface area contributed by atoms with Crippen molar-refractivity contribution >= 4 is 30.5 Å². The van der Waals surface area contributed by atoms with Crippen LogP contribution in [0.2, 0.25) is 0 Å². The zero-order valence-electron chi connectivity index (χ0n) is 14.0. The van der Waals surface area contributed by atoms with Gasteiger partial charge in [-0.05, 0) is 18.8 Å². The molecule has 0 saturated heterocycles. The maximum atomic E-state index is 11.9. The monoisotopic (exact) mass is 361 g/mol. The fourth-order valence-corrected chi connectivity index (χ4v) is 2.24. The van der Waals surface area contributed by atoms with Crippen molar-refractivity contribution in [3.8, 4) is 0 Å². The largest absolute Gasteiger partial charge is 0.480 e. The fourth-order valence-electron chi connectivity index (χ4n) is 1.93. The lowest BCUT2D eigenvalue weighted by Crippen LogP contribution is -2.47. The van der Waals surface area contributed by atoms with Gasteiger partial charge in [0.15, 0.2) is 0 Å². The van der Waals surface area contributed by atoms with Crippen molar-refractivity contribution in [2.24, 2.45) is 11.7 Å². The van der Waals surface area contributed by atoms with Crippen molar-refractivity contribution in [2.45, 2.75) is 51.2 Å². The first kappa shape index (κ1) is 22.3. The van der Waals surface area contributed by atoms with Gasteiger partial charge in [0, 0.05) is 17.9 Å². The second-order valence-electron chi connectivity index (χ2n) is 5.87. The van der Waals surface area contributed by atoms with Crippen molar-refractivity contribution in [3.05, 3.63) is 12.3 Å². The summed E-state index contributed by atoms with van der Waals surface area (Å²) in [5, 5.41) is 23.3. The van der Waals surface area contributed by atoms with Gasteiger partial charge < -0.3 is 26.6 Å². The molecule has 0 rings (SSSR count). The minimum Gasteiger partial charge on any atom is -0.480 e. The lowest BCUT2D eigenvalue weighted by atomic mass is 10.0. The summed E-state index contributed by atoms with van der Waals surface area (Å²) >= 11 is 4.15. The first-order valence-electron chi connectivity index (χ1n) is 7.66. The van der Waals surface area contributed by atoms with Crippen LogP contribution in [0.4, 0.5) is 0 Å². The lowest BCUT2D eigenvalue weighted by Gasteiger charge is -2.26. The summed E-state index contributed by atoms with van der Waals surface area (Å²) in [5.74, 6) is -2.32. The highest BCUT2D eigenvalue weighted by molar-refractivity contribution is 7.80. The minimum absolute atomic E-state index is 0.116. The Morgan fingerprint density at radius 1 is 1.17 bits per heavy atom. The summed E-state index contributed by atoms with van der Waals surface area (Å²) in [6, 6.07) is -2.34. The predicted molar refractivity (Wildman–Crippen MR) is 93.8 cm³/mol. The molecular weight excluding hydrogens is 334 g/mol. The SMILES string of the molecule is C=C(N[C@@H](C(=O)O)C(C)C)[C@H](CS)NC(=O)CCC[C@H](N)C(=O)O. The molecule has 9 heteroatoms. The van der Waals surface area contributed by atoms with E-state index in [2.05, 4.69) is 29.8 Å². The normalized spacial score (nSPS) is 14.5. The second kappa shape index (κ2) is 10.9. The molecule has 0 spiro atoms. The summed E-state index contributed by atoms with van der Waals surface area (Å²) in [4.78, 5) is 33.7. The van der Waals surface area contributed by atoms with Gasteiger partial charge in [-0.1, -0.05) is 20.4 Å². The van der Waals surface area contributed by atoms with Crippen LogP contribution >= 0.6 is 12.6 Å². The molecule has 0 aliphatic carbocycles. The summed E-state index contributed by atoms with van der Waals surface area (Å²) in [5.41, 5.74) is 5.73. The first-order chi connectivity index (χ1) is 11.1. The maximum Gasteiger partial charge on any atom is 0.326 e. The Bertz CT molecular complexity index is 470. The third kappa shape index (κ3) is 8.21. The van der Waals surface area contributed by atoms with E-state index in [1.165, 1.54) is 0 Å². The van der Waals surface area contributed by atoms with Crippen LogP contribution in [0.1, 0.15) is 33.1 Å². The van der Waals surface area contributed by atoms with E-state index >= 15 is 0 Å². The van der Waals surface area contributed by atoms with Crippen LogP contribution in [-0.2, 0) is 14.4 Å². The molecule has 1 amide bonds. The molecular formula is C15H27N3O5S. The molecule has 0 unspecified atom stereocenters. The Labute approximate surface area is 147 Å². The second-order valence-corrected chi connectivity index (χ2v) is 6.23. The third-order valence-corrected chi connectivity index (χ3v) is 3.81. The van der Waals surface area contributed by atoms with E-state index in [9.17, 15) is 19.5 Å². The van der Waals surface area contributed by atoms with Crippen LogP contribution in [0.15, 0.2) is 12.3 Å². The highest BCUT2D eigenvalue weighted by Crippen LogP contribution is 2.08. The van der Waals surface area contributed by atoms with Crippen molar-refractivity contribution in [1.82, 2.24) is 10.6 Å². The number of amides is 1. The van der Waals surface area contributed by atoms with Crippen molar-refractivity contribution in [1.29, 1.82) is 0 Å². The third-order valence-electron chi connectivity index (χ3n) is 3.45. The van der Waals surface area contributed by atoms with Crippen LogP contribution in [-0.4, -0.2) is 51.9 Å². The Morgan fingerprint density at radius 2 is 1.75 bits per heavy atom. The van der Waals surface area contributed by atoms with Gasteiger partial charge >= 0.3 is 11.9 Å². The average molecular weight is 361 g/mol. The molecule has 0 aliphatic heterocycles. The average Bonchev–Trinajstić information content (AvgIpc) is 2.48. The van der Waals surface area contributed by atoms with Gasteiger partial charge in [-0.2, -0.15) is 12.6 Å². The lowest BCUT2D eigenvalue weighted by molar-refractivity contribution is -0.140. The number of aliphatic carboxylic acids is 2. The Hall–Kier alpha value is -1.74. The predicted octanol–water partition coefficient (Wildman–Crippen LogP) is 0.196. The van der Waals surface area contributed by atoms with Gasteiger partial charge in [-0.25, -0.2) is 4.79 Å². The summed E-state index contributed by atoms with van der Waals surface area (Å²) in [6.07, 6.45) is 0.648. The van der Waals surface area contributed by atoms with Gasteiger partial charge in [0.1, 0.15) is 12.1 Å². The molecule has 138 valence electrons. The van der Waals surface area contributed by atoms with E-state index in [1.54, 1.807) is 13.8 Å². The molecule has 6 N–H and O–H groups in total. The van der Waals surface area contributed by atoms with Crippen LogP contribution in [0, 0.1) is 5.92 Å². The fraction of sp³-hybridized carbons (Fsp3) is 0.667. The number of carboxylic acid groups (broad SMARTS) is 2. The van der Waals surface area contributed by atoms with Crippen molar-refractivity contribution < 1.29 is 24.6 Å². The molecule has 0 radical (unpaired) electrons. The molecule has 0 bridgehead atoms. The summed E-state index contributed by atoms with van der Waals surface area (Å²) in [6.45, 7) is 7.31. The molecule has 8 nitrogen and oxygen atoms in total. The number of rotatable bonds is 12. The number of thiol groups is 1. The molecule has 24 heavy (non-hydrogen) atoms. The van der Waals surface area contributed by atoms with E-state index in [4.69, 9.17) is 10.8 Å². The highest BCUT2D eigenvalue weighted by Gasteiger charge is 2.24. The molecule has 0 heterocycles. The van der Waals surface area contributed by atoms with Crippen molar-refractivity contribution in [3.63, 3.8) is 0 Å². The van der Waals surface area contributed by atoms with E-state index < -0.39 is 30.1 Å². The van der Waals surface area contributed by atoms with Crippen molar-refractivity contribution in [2.75, 3.05) is 5.75 Å². The van der Waals surface area contributed by atoms with Gasteiger partial charge in [-0.3, -0.25) is 9.59 Å². The zero-order valence-corrected chi connectivity index (χ0v) is 14.9. The van der Waals surface area contributed by atoms with Gasteiger partial charge in [0.2, 0.25) is 5.91 Å². The molecule has 0 fully saturated rings. The molecule has 0 saturated carbocycles. The first-order valence-corrected chi connectivity index (χ1v) is 8.30. The summed E-state index contributed by atoms with van der Waals surface area (Å²) in [7, 11) is 0. The molecule has 0 aromatic heterocycles. The number of carbonyl (C=O) groups excluding carboxylic acids is 1. The number of hydrogen-bond acceptors (Lipinski definition) is 6. The Kier molecular flexibility index (Phi) is 10.1. The van der Waals surface area contributed by atoms with Gasteiger partial charge in [-0.15, -0.1) is 0 Å². The van der Waals surface area contributed by atoms with E-state index in [0.29, 0.717) is 12.1 Å². The van der Waals surface area contributed by atoms with Crippen LogP contribution < -0.4 is 16.4 Å². The van der Waals surface area contributed by atoms with E-state index in [0.717, 1.165) is 0 Å². The van der Waals surface area contributed by atoms with Crippen LogP contribution in [0.25, 0.3) is 0 Å². The van der Waals surface area contributed by atoms with Gasteiger partial charge in [0.25, 0.3) is 0 Å². The molecule has 0 aromatic rings. The van der Waals surface area contributed by atoms with Crippen LogP contribution in [0.3, 0.4) is 0 Å². The number of nitrogens with two attached hydrogens (primary N) is 1. The van der Waals surface area contributed by atoms with E-state index in [-0.39, 0.29) is 30.4 Å². The standard InChI is InChI=1S/C15H27N3O5S/c1-8(2)13(15(22)23)17-9(3)11(7-24)18-12(19)6-4-5-10(16)14(20)21/h8,10-11,13,17,24H,3-7,16H2,1-2H3,(H,18,19)(H,20,21)(H,22,23)/t10-,11-,13+/m0/s1. The molecule has 3 atom stereocenters. The molecule has 0 aromatic carbocycles. The number of hydrogen-bond donors (Lipinski definition) is 6. The smallest absolute Gasteiger partial charge is 0.326 e. The zero-order chi connectivity index (χ0) is 18.9. The number of carbonyl (C=O) groups is 3.